The van der Waals surface area contributed by atoms with Crippen LogP contribution in [0.3, 0.4) is 0 Å². The Labute approximate surface area is 156 Å². The van der Waals surface area contributed by atoms with Gasteiger partial charge in [0.05, 0.1) is 18.4 Å². The maximum absolute atomic E-state index is 11.2. The number of carbonyl (C=O) groups is 1. The predicted molar refractivity (Wildman–Crippen MR) is 95.7 cm³/mol. The summed E-state index contributed by atoms with van der Waals surface area (Å²) in [7, 11) is 0. The smallest absolute Gasteiger partial charge is 0.435 e. The third kappa shape index (κ3) is 5.78. The lowest BCUT2D eigenvalue weighted by Crippen LogP contribution is -2.19. The van der Waals surface area contributed by atoms with Crippen LogP contribution >= 0.6 is 0 Å². The van der Waals surface area contributed by atoms with Crippen LogP contribution < -0.4 is 5.73 Å². The second-order valence-electron chi connectivity index (χ2n) is 5.91. The van der Waals surface area contributed by atoms with Crippen LogP contribution in [0, 0.1) is 0 Å². The minimum Gasteiger partial charge on any atom is -0.435 e. The Hall–Kier alpha value is -2.43. The Balaban J connectivity index is 0.000000465. The number of fused-ring (bicyclic) bond motifs is 1. The SMILES string of the molecule is CCC(O)O.CCOC(=O)OCC1CCC(c2ccc3c(N)ncnn23)O1. The molecule has 1 aliphatic rings. The second kappa shape index (κ2) is 10.0. The zero-order chi connectivity index (χ0) is 19.8. The van der Waals surface area contributed by atoms with Crippen LogP contribution in [0.5, 0.6) is 0 Å². The summed E-state index contributed by atoms with van der Waals surface area (Å²) in [6.45, 7) is 3.92. The zero-order valence-electron chi connectivity index (χ0n) is 15.4. The Bertz CT molecular complexity index is 735. The first-order chi connectivity index (χ1) is 13.0. The first kappa shape index (κ1) is 20.9. The number of hydrogen-bond donors (Lipinski definition) is 3. The third-order valence-electron chi connectivity index (χ3n) is 3.96. The highest BCUT2D eigenvalue weighted by Gasteiger charge is 2.30. The van der Waals surface area contributed by atoms with Gasteiger partial charge in [0.25, 0.3) is 0 Å². The molecule has 0 amide bonds. The largest absolute Gasteiger partial charge is 0.508 e. The predicted octanol–water partition coefficient (Wildman–Crippen LogP) is 1.41. The van der Waals surface area contributed by atoms with E-state index in [0.717, 1.165) is 24.1 Å². The number of hydrogen-bond acceptors (Lipinski definition) is 9. The number of nitrogens with two attached hydrogens (primary N) is 1. The van der Waals surface area contributed by atoms with Crippen molar-refractivity contribution < 1.29 is 29.2 Å². The first-order valence-corrected chi connectivity index (χ1v) is 8.85. The van der Waals surface area contributed by atoms with Crippen molar-refractivity contribution in [3.8, 4) is 0 Å². The lowest BCUT2D eigenvalue weighted by Gasteiger charge is -2.13. The van der Waals surface area contributed by atoms with Gasteiger partial charge in [-0.1, -0.05) is 6.92 Å². The molecule has 0 saturated carbocycles. The van der Waals surface area contributed by atoms with Crippen LogP contribution in [0.2, 0.25) is 0 Å². The molecule has 0 aliphatic carbocycles. The fraction of sp³-hybridized carbons (Fsp3) is 0.588. The summed E-state index contributed by atoms with van der Waals surface area (Å²) in [4.78, 5) is 15.1. The minimum atomic E-state index is -1.12. The maximum atomic E-state index is 11.2. The average Bonchev–Trinajstić information content (AvgIpc) is 3.28. The van der Waals surface area contributed by atoms with E-state index in [4.69, 9.17) is 30.2 Å². The lowest BCUT2D eigenvalue weighted by molar-refractivity contribution is -0.0413. The van der Waals surface area contributed by atoms with E-state index in [9.17, 15) is 4.79 Å². The fourth-order valence-electron chi connectivity index (χ4n) is 2.58. The highest BCUT2D eigenvalue weighted by Crippen LogP contribution is 2.33. The Morgan fingerprint density at radius 3 is 2.78 bits per heavy atom. The van der Waals surface area contributed by atoms with Crippen molar-refractivity contribution >= 4 is 17.5 Å². The molecule has 2 aromatic heterocycles. The van der Waals surface area contributed by atoms with Gasteiger partial charge in [0.1, 0.15) is 24.6 Å². The molecule has 4 N–H and O–H groups in total. The monoisotopic (exact) mass is 382 g/mol. The molecule has 0 spiro atoms. The number of nitrogens with zero attached hydrogens (tertiary/aromatic N) is 3. The van der Waals surface area contributed by atoms with E-state index in [1.165, 1.54) is 6.33 Å². The van der Waals surface area contributed by atoms with Crippen molar-refractivity contribution in [3.63, 3.8) is 0 Å². The van der Waals surface area contributed by atoms with Gasteiger partial charge in [-0.3, -0.25) is 0 Å². The Morgan fingerprint density at radius 2 is 2.11 bits per heavy atom. The summed E-state index contributed by atoms with van der Waals surface area (Å²) in [6.07, 6.45) is 1.44. The molecule has 1 saturated heterocycles. The normalized spacial score (nSPS) is 19.0. The molecule has 0 aromatic carbocycles. The molecule has 2 aromatic rings. The molecular weight excluding hydrogens is 356 g/mol. The summed E-state index contributed by atoms with van der Waals surface area (Å²) in [6, 6.07) is 3.80. The van der Waals surface area contributed by atoms with Gasteiger partial charge in [0.15, 0.2) is 12.1 Å². The van der Waals surface area contributed by atoms with E-state index in [1.54, 1.807) is 18.4 Å². The van der Waals surface area contributed by atoms with Crippen LogP contribution in [0.15, 0.2) is 18.5 Å². The minimum absolute atomic E-state index is 0.104. The number of anilines is 1. The molecule has 2 unspecified atom stereocenters. The second-order valence-corrected chi connectivity index (χ2v) is 5.91. The standard InChI is InChI=1S/C14H18N4O4.C3H8O2/c1-2-20-14(19)21-7-9-3-6-12(22-9)10-4-5-11-13(15)16-8-17-18(10)11;1-2-3(4)5/h4-5,8-9,12H,2-3,6-7H2,1H3,(H2,15,16,17);3-5H,2H2,1H3. The molecule has 3 rings (SSSR count). The van der Waals surface area contributed by atoms with Crippen LogP contribution in [-0.2, 0) is 14.2 Å². The number of nitrogen functional groups attached to an aromatic ring is 1. The van der Waals surface area contributed by atoms with Gasteiger partial charge in [-0.25, -0.2) is 14.3 Å². The van der Waals surface area contributed by atoms with E-state index in [0.29, 0.717) is 18.8 Å². The molecule has 10 nitrogen and oxygen atoms in total. The third-order valence-corrected chi connectivity index (χ3v) is 3.96. The van der Waals surface area contributed by atoms with Gasteiger partial charge in [-0.05, 0) is 38.3 Å². The molecule has 150 valence electrons. The van der Waals surface area contributed by atoms with Crippen molar-refractivity contribution in [1.29, 1.82) is 0 Å². The number of aliphatic hydroxyl groups excluding tert-OH is 1. The topological polar surface area (TPSA) is 141 Å². The molecular formula is C17H26N4O6. The highest BCUT2D eigenvalue weighted by atomic mass is 16.7. The Morgan fingerprint density at radius 1 is 1.37 bits per heavy atom. The maximum Gasteiger partial charge on any atom is 0.508 e. The molecule has 0 radical (unpaired) electrons. The summed E-state index contributed by atoms with van der Waals surface area (Å²) < 4.78 is 17.4. The van der Waals surface area contributed by atoms with Gasteiger partial charge >= 0.3 is 6.16 Å². The number of aromatic nitrogens is 3. The first-order valence-electron chi connectivity index (χ1n) is 8.85. The molecule has 3 heterocycles. The fourth-order valence-corrected chi connectivity index (χ4v) is 2.58. The van der Waals surface area contributed by atoms with E-state index in [2.05, 4.69) is 10.1 Å². The molecule has 1 aliphatic heterocycles. The summed E-state index contributed by atoms with van der Waals surface area (Å²) in [5.41, 5.74) is 7.50. The average molecular weight is 382 g/mol. The van der Waals surface area contributed by atoms with E-state index < -0.39 is 12.4 Å². The van der Waals surface area contributed by atoms with Gasteiger partial charge in [-0.2, -0.15) is 5.10 Å². The molecule has 2 atom stereocenters. The van der Waals surface area contributed by atoms with Crippen molar-refractivity contribution in [2.24, 2.45) is 0 Å². The van der Waals surface area contributed by atoms with Crippen LogP contribution in [0.4, 0.5) is 10.6 Å². The van der Waals surface area contributed by atoms with Gasteiger partial charge in [0.2, 0.25) is 0 Å². The Kier molecular flexibility index (Phi) is 7.77. The van der Waals surface area contributed by atoms with Crippen molar-refractivity contribution in [2.45, 2.75) is 51.6 Å². The summed E-state index contributed by atoms with van der Waals surface area (Å²) in [5, 5.41) is 20.0. The van der Waals surface area contributed by atoms with Crippen molar-refractivity contribution in [2.75, 3.05) is 18.9 Å². The highest BCUT2D eigenvalue weighted by molar-refractivity contribution is 5.65. The van der Waals surface area contributed by atoms with E-state index in [-0.39, 0.29) is 18.8 Å². The van der Waals surface area contributed by atoms with E-state index >= 15 is 0 Å². The van der Waals surface area contributed by atoms with Gasteiger partial charge in [0, 0.05) is 0 Å². The van der Waals surface area contributed by atoms with Crippen molar-refractivity contribution in [3.05, 3.63) is 24.2 Å². The van der Waals surface area contributed by atoms with Gasteiger partial charge in [-0.15, -0.1) is 0 Å². The van der Waals surface area contributed by atoms with Crippen LogP contribution in [0.1, 0.15) is 44.9 Å². The molecule has 27 heavy (non-hydrogen) atoms. The molecule has 10 heteroatoms. The summed E-state index contributed by atoms with van der Waals surface area (Å²) >= 11 is 0. The van der Waals surface area contributed by atoms with Gasteiger partial charge < -0.3 is 30.2 Å². The van der Waals surface area contributed by atoms with E-state index in [1.807, 2.05) is 12.1 Å². The number of ether oxygens (including phenoxy) is 3. The molecule has 0 bridgehead atoms. The summed E-state index contributed by atoms with van der Waals surface area (Å²) in [5.74, 6) is 0.432. The number of carbonyl (C=O) groups excluding carboxylic acids is 1. The van der Waals surface area contributed by atoms with Crippen molar-refractivity contribution in [1.82, 2.24) is 14.6 Å². The van der Waals surface area contributed by atoms with Crippen LogP contribution in [0.25, 0.3) is 5.52 Å². The van der Waals surface area contributed by atoms with Crippen LogP contribution in [-0.4, -0.2) is 56.6 Å². The number of aliphatic hydroxyl groups is 2. The zero-order valence-corrected chi connectivity index (χ0v) is 15.4. The molecule has 1 fully saturated rings. The number of rotatable bonds is 5. The quantitative estimate of drug-likeness (QED) is 0.517. The lowest BCUT2D eigenvalue weighted by atomic mass is 10.1.